The molecule has 1 aliphatic heterocycles. The standard InChI is InChI=1S/C21H28N4O2S/c1-12(15-8-19(26)23-10-15)27-18-7-14(6-17-20(18)28-13(2)25-17)16(9-22)11-24-21(3,4)5/h6-7,9,11-12,15H,8,10,22H2,1-5H3,(H,23,26)/t12-,15-/m0/s1. The maximum absolute atomic E-state index is 11.6. The van der Waals surface area contributed by atoms with Gasteiger partial charge in [-0.2, -0.15) is 0 Å². The summed E-state index contributed by atoms with van der Waals surface area (Å²) in [5.41, 5.74) is 8.31. The molecule has 150 valence electrons. The van der Waals surface area contributed by atoms with E-state index in [4.69, 9.17) is 10.5 Å². The summed E-state index contributed by atoms with van der Waals surface area (Å²) in [6.07, 6.45) is 3.77. The second-order valence-corrected chi connectivity index (χ2v) is 9.40. The molecule has 0 unspecified atom stereocenters. The van der Waals surface area contributed by atoms with Crippen molar-refractivity contribution in [2.75, 3.05) is 6.54 Å². The minimum absolute atomic E-state index is 0.0831. The topological polar surface area (TPSA) is 89.6 Å². The molecule has 0 aliphatic carbocycles. The summed E-state index contributed by atoms with van der Waals surface area (Å²) >= 11 is 1.61. The van der Waals surface area contributed by atoms with Crippen LogP contribution in [0.2, 0.25) is 0 Å². The highest BCUT2D eigenvalue weighted by atomic mass is 32.1. The minimum Gasteiger partial charge on any atom is -0.489 e. The Kier molecular flexibility index (Phi) is 5.74. The highest BCUT2D eigenvalue weighted by Gasteiger charge is 2.28. The van der Waals surface area contributed by atoms with Crippen LogP contribution in [0.25, 0.3) is 15.8 Å². The Morgan fingerprint density at radius 1 is 1.46 bits per heavy atom. The summed E-state index contributed by atoms with van der Waals surface area (Å²) < 4.78 is 7.33. The molecule has 1 saturated heterocycles. The van der Waals surface area contributed by atoms with E-state index in [1.165, 1.54) is 0 Å². The number of carbonyl (C=O) groups excluding carboxylic acids is 1. The van der Waals surface area contributed by atoms with Gasteiger partial charge in [-0.3, -0.25) is 9.79 Å². The lowest BCUT2D eigenvalue weighted by Crippen LogP contribution is -2.25. The molecular weight excluding hydrogens is 372 g/mol. The van der Waals surface area contributed by atoms with E-state index in [-0.39, 0.29) is 23.5 Å². The number of amides is 1. The number of hydrogen-bond acceptors (Lipinski definition) is 6. The van der Waals surface area contributed by atoms with Gasteiger partial charge < -0.3 is 15.8 Å². The summed E-state index contributed by atoms with van der Waals surface area (Å²) in [6, 6.07) is 4.01. The van der Waals surface area contributed by atoms with Crippen LogP contribution in [0.3, 0.4) is 0 Å². The lowest BCUT2D eigenvalue weighted by Gasteiger charge is -2.20. The maximum Gasteiger partial charge on any atom is 0.220 e. The number of aliphatic imine (C=N–C) groups is 1. The van der Waals surface area contributed by atoms with Crippen LogP contribution < -0.4 is 15.8 Å². The summed E-state index contributed by atoms with van der Waals surface area (Å²) in [5, 5.41) is 3.85. The van der Waals surface area contributed by atoms with Crippen LogP contribution in [-0.4, -0.2) is 35.3 Å². The van der Waals surface area contributed by atoms with E-state index < -0.39 is 0 Å². The Balaban J connectivity index is 1.97. The molecule has 0 saturated carbocycles. The summed E-state index contributed by atoms with van der Waals surface area (Å²) in [6.45, 7) is 10.8. The number of nitrogens with one attached hydrogen (secondary N) is 1. The molecule has 2 atom stereocenters. The highest BCUT2D eigenvalue weighted by Crippen LogP contribution is 2.36. The maximum atomic E-state index is 11.6. The number of rotatable bonds is 5. The van der Waals surface area contributed by atoms with E-state index in [2.05, 4.69) is 15.3 Å². The zero-order valence-electron chi connectivity index (χ0n) is 17.1. The molecule has 7 heteroatoms. The van der Waals surface area contributed by atoms with Crippen molar-refractivity contribution in [3.05, 3.63) is 28.9 Å². The van der Waals surface area contributed by atoms with E-state index in [0.717, 1.165) is 32.1 Å². The van der Waals surface area contributed by atoms with Gasteiger partial charge in [0.25, 0.3) is 0 Å². The number of aryl methyl sites for hydroxylation is 1. The number of hydrogen-bond donors (Lipinski definition) is 2. The molecule has 3 rings (SSSR count). The lowest BCUT2D eigenvalue weighted by molar-refractivity contribution is -0.119. The Morgan fingerprint density at radius 2 is 2.21 bits per heavy atom. The number of ether oxygens (including phenoxy) is 1. The predicted molar refractivity (Wildman–Crippen MR) is 116 cm³/mol. The number of benzene rings is 1. The summed E-state index contributed by atoms with van der Waals surface area (Å²) in [4.78, 5) is 20.8. The molecule has 1 fully saturated rings. The second-order valence-electron chi connectivity index (χ2n) is 8.20. The van der Waals surface area contributed by atoms with Crippen LogP contribution in [-0.2, 0) is 4.79 Å². The van der Waals surface area contributed by atoms with Crippen molar-refractivity contribution in [1.29, 1.82) is 0 Å². The number of nitrogens with two attached hydrogens (primary N) is 1. The average Bonchev–Trinajstić information content (AvgIpc) is 3.19. The van der Waals surface area contributed by atoms with Gasteiger partial charge in [0.1, 0.15) is 11.9 Å². The van der Waals surface area contributed by atoms with Gasteiger partial charge in [-0.05, 0) is 52.3 Å². The van der Waals surface area contributed by atoms with E-state index in [1.54, 1.807) is 23.8 Å². The Morgan fingerprint density at radius 3 is 2.82 bits per heavy atom. The SMILES string of the molecule is Cc1nc2cc(C(C=NC(C)(C)C)=CN)cc(O[C@@H](C)[C@@H]3CNC(=O)C3)c2s1. The first-order valence-corrected chi connectivity index (χ1v) is 10.3. The number of allylic oxidation sites excluding steroid dienone is 1. The smallest absolute Gasteiger partial charge is 0.220 e. The van der Waals surface area contributed by atoms with Gasteiger partial charge in [0.05, 0.1) is 20.8 Å². The van der Waals surface area contributed by atoms with Crippen molar-refractivity contribution in [3.8, 4) is 5.75 Å². The lowest BCUT2D eigenvalue weighted by atomic mass is 10.0. The number of fused-ring (bicyclic) bond motifs is 1. The van der Waals surface area contributed by atoms with Crippen molar-refractivity contribution < 1.29 is 9.53 Å². The molecule has 1 aromatic carbocycles. The quantitative estimate of drug-likeness (QED) is 0.749. The number of aromatic nitrogens is 1. The molecule has 0 radical (unpaired) electrons. The second kappa shape index (κ2) is 7.91. The van der Waals surface area contributed by atoms with Crippen molar-refractivity contribution in [2.24, 2.45) is 16.6 Å². The average molecular weight is 401 g/mol. The van der Waals surface area contributed by atoms with Gasteiger partial charge in [0.2, 0.25) is 5.91 Å². The van der Waals surface area contributed by atoms with Gasteiger partial charge in [-0.15, -0.1) is 11.3 Å². The zero-order chi connectivity index (χ0) is 20.5. The minimum atomic E-state index is -0.189. The highest BCUT2D eigenvalue weighted by molar-refractivity contribution is 7.18. The molecule has 6 nitrogen and oxygen atoms in total. The first-order valence-electron chi connectivity index (χ1n) is 9.48. The normalized spacial score (nSPS) is 19.4. The zero-order valence-corrected chi connectivity index (χ0v) is 17.9. The van der Waals surface area contributed by atoms with E-state index in [9.17, 15) is 4.79 Å². The van der Waals surface area contributed by atoms with Gasteiger partial charge in [0.15, 0.2) is 0 Å². The molecule has 2 heterocycles. The van der Waals surface area contributed by atoms with E-state index in [1.807, 2.05) is 46.8 Å². The molecule has 1 amide bonds. The summed E-state index contributed by atoms with van der Waals surface area (Å²) in [5.74, 6) is 1.01. The fourth-order valence-corrected chi connectivity index (χ4v) is 3.96. The molecule has 3 N–H and O–H groups in total. The fourth-order valence-electron chi connectivity index (χ4n) is 3.10. The van der Waals surface area contributed by atoms with Crippen molar-refractivity contribution in [2.45, 2.75) is 52.7 Å². The Hall–Kier alpha value is -2.41. The number of nitrogens with zero attached hydrogens (tertiary/aromatic N) is 2. The molecule has 0 bridgehead atoms. The van der Waals surface area contributed by atoms with Gasteiger partial charge in [-0.1, -0.05) is 0 Å². The van der Waals surface area contributed by atoms with Crippen LogP contribution >= 0.6 is 11.3 Å². The van der Waals surface area contributed by atoms with Crippen molar-refractivity contribution in [3.63, 3.8) is 0 Å². The van der Waals surface area contributed by atoms with Crippen molar-refractivity contribution in [1.82, 2.24) is 10.3 Å². The van der Waals surface area contributed by atoms with Crippen LogP contribution in [0.4, 0.5) is 0 Å². The molecule has 2 aromatic rings. The number of carbonyl (C=O) groups is 1. The first kappa shape index (κ1) is 20.3. The predicted octanol–water partition coefficient (Wildman–Crippen LogP) is 3.68. The Bertz CT molecular complexity index is 940. The third kappa shape index (κ3) is 4.70. The largest absolute Gasteiger partial charge is 0.489 e. The summed E-state index contributed by atoms with van der Waals surface area (Å²) in [7, 11) is 0. The number of thiazole rings is 1. The third-order valence-corrected chi connectivity index (χ3v) is 5.65. The van der Waals surface area contributed by atoms with Gasteiger partial charge >= 0.3 is 0 Å². The van der Waals surface area contributed by atoms with Crippen LogP contribution in [0, 0.1) is 12.8 Å². The Labute approximate surface area is 169 Å². The van der Waals surface area contributed by atoms with E-state index >= 15 is 0 Å². The van der Waals surface area contributed by atoms with Crippen LogP contribution in [0.1, 0.15) is 44.7 Å². The van der Waals surface area contributed by atoms with Crippen LogP contribution in [0.15, 0.2) is 23.3 Å². The molecular formula is C21H28N4O2S. The van der Waals surface area contributed by atoms with Crippen LogP contribution in [0.5, 0.6) is 5.75 Å². The van der Waals surface area contributed by atoms with Gasteiger partial charge in [-0.25, -0.2) is 4.98 Å². The monoisotopic (exact) mass is 400 g/mol. The molecule has 1 aliphatic rings. The third-order valence-electron chi connectivity index (χ3n) is 4.65. The molecule has 28 heavy (non-hydrogen) atoms. The molecule has 1 aromatic heterocycles. The first-order chi connectivity index (χ1) is 13.2. The van der Waals surface area contributed by atoms with Gasteiger partial charge in [0, 0.05) is 36.9 Å². The van der Waals surface area contributed by atoms with Crippen molar-refractivity contribution >= 4 is 39.2 Å². The molecule has 0 spiro atoms. The fraction of sp³-hybridized carbons (Fsp3) is 0.476. The van der Waals surface area contributed by atoms with E-state index in [0.29, 0.717) is 13.0 Å².